The molecule has 1 aromatic carbocycles. The van der Waals surface area contributed by atoms with E-state index in [4.69, 9.17) is 4.74 Å². The molecule has 0 unspecified atom stereocenters. The van der Waals surface area contributed by atoms with E-state index < -0.39 is 0 Å². The Hall–Kier alpha value is -2.03. The van der Waals surface area contributed by atoms with Gasteiger partial charge in [-0.25, -0.2) is 4.39 Å². The molecule has 7 nitrogen and oxygen atoms in total. The second kappa shape index (κ2) is 9.07. The van der Waals surface area contributed by atoms with E-state index in [-0.39, 0.29) is 17.6 Å². The lowest BCUT2D eigenvalue weighted by Gasteiger charge is -2.31. The van der Waals surface area contributed by atoms with E-state index in [0.717, 1.165) is 26.2 Å². The van der Waals surface area contributed by atoms with Crippen LogP contribution in [0.1, 0.15) is 0 Å². The summed E-state index contributed by atoms with van der Waals surface area (Å²) >= 11 is 0. The Balaban J connectivity index is 1.37. The molecule has 2 heterocycles. The minimum absolute atomic E-state index is 0.0700. The molecule has 3 N–H and O–H groups in total. The third-order valence-corrected chi connectivity index (χ3v) is 4.97. The molecular weight excluding hydrogens is 339 g/mol. The highest BCUT2D eigenvalue weighted by molar-refractivity contribution is 5.91. The summed E-state index contributed by atoms with van der Waals surface area (Å²) in [6.45, 7) is 7.04. The fourth-order valence-electron chi connectivity index (χ4n) is 3.41. The zero-order valence-electron chi connectivity index (χ0n) is 14.9. The first kappa shape index (κ1) is 18.8. The number of ether oxygens (including phenoxy) is 1. The number of nitrogens with zero attached hydrogens (tertiary/aromatic N) is 1. The van der Waals surface area contributed by atoms with Gasteiger partial charge >= 0.3 is 0 Å². The molecule has 0 atom stereocenters. The average molecular weight is 366 g/mol. The maximum Gasteiger partial charge on any atom is 0.279 e. The number of morpholine rings is 1. The molecule has 0 radical (unpaired) electrons. The van der Waals surface area contributed by atoms with Gasteiger partial charge in [0.05, 0.1) is 13.2 Å². The molecular formula is C18H27FN4O3+2. The van der Waals surface area contributed by atoms with Crippen LogP contribution >= 0.6 is 0 Å². The minimum atomic E-state index is -0.320. The Morgan fingerprint density at radius 1 is 1.00 bits per heavy atom. The van der Waals surface area contributed by atoms with Crippen molar-refractivity contribution in [3.05, 3.63) is 30.1 Å². The van der Waals surface area contributed by atoms with Crippen LogP contribution < -0.4 is 15.1 Å². The predicted molar refractivity (Wildman–Crippen MR) is 93.6 cm³/mol. The molecule has 2 fully saturated rings. The van der Waals surface area contributed by atoms with Crippen LogP contribution in [0.25, 0.3) is 0 Å². The maximum absolute atomic E-state index is 12.9. The molecule has 0 bridgehead atoms. The number of piperazine rings is 1. The van der Waals surface area contributed by atoms with Crippen LogP contribution in [0.5, 0.6) is 0 Å². The van der Waals surface area contributed by atoms with Crippen LogP contribution in [0, 0.1) is 5.82 Å². The molecule has 26 heavy (non-hydrogen) atoms. The van der Waals surface area contributed by atoms with E-state index >= 15 is 0 Å². The van der Waals surface area contributed by atoms with Gasteiger partial charge in [0.15, 0.2) is 13.1 Å². The zero-order chi connectivity index (χ0) is 18.4. The van der Waals surface area contributed by atoms with E-state index in [1.165, 1.54) is 21.9 Å². The topological polar surface area (TPSA) is 67.5 Å². The van der Waals surface area contributed by atoms with Gasteiger partial charge in [-0.05, 0) is 24.3 Å². The summed E-state index contributed by atoms with van der Waals surface area (Å²) in [7, 11) is 0. The second-order valence-corrected chi connectivity index (χ2v) is 6.90. The first-order valence-corrected chi connectivity index (χ1v) is 9.18. The normalized spacial score (nSPS) is 23.5. The van der Waals surface area contributed by atoms with Crippen molar-refractivity contribution in [2.24, 2.45) is 0 Å². The Morgan fingerprint density at radius 3 is 2.19 bits per heavy atom. The molecule has 1 aromatic rings. The SMILES string of the molecule is O=C(C[NH+]1CC[NH+](CC(=O)N2CCOCC2)CC1)Nc1ccc(F)cc1. The summed E-state index contributed by atoms with van der Waals surface area (Å²) in [5, 5.41) is 2.80. The smallest absolute Gasteiger partial charge is 0.279 e. The summed E-state index contributed by atoms with van der Waals surface area (Å²) in [4.78, 5) is 28.8. The number of benzene rings is 1. The van der Waals surface area contributed by atoms with Crippen LogP contribution in [-0.2, 0) is 14.3 Å². The average Bonchev–Trinajstić information content (AvgIpc) is 2.66. The largest absolute Gasteiger partial charge is 0.378 e. The standard InChI is InChI=1S/C18H25FN4O3/c19-15-1-3-16(4-2-15)20-17(24)13-21-5-7-22(8-6-21)14-18(25)23-9-11-26-12-10-23/h1-4H,5-14H2,(H,20,24)/p+2. The van der Waals surface area contributed by atoms with E-state index in [0.29, 0.717) is 45.1 Å². The molecule has 0 aromatic heterocycles. The van der Waals surface area contributed by atoms with Crippen LogP contribution in [0.4, 0.5) is 10.1 Å². The number of halogens is 1. The van der Waals surface area contributed by atoms with Gasteiger partial charge in [0, 0.05) is 18.8 Å². The number of quaternary nitrogens is 2. The van der Waals surface area contributed by atoms with Crippen molar-refractivity contribution in [1.82, 2.24) is 4.90 Å². The van der Waals surface area contributed by atoms with Crippen LogP contribution in [0.15, 0.2) is 24.3 Å². The third-order valence-electron chi connectivity index (χ3n) is 4.97. The fraction of sp³-hybridized carbons (Fsp3) is 0.556. The summed E-state index contributed by atoms with van der Waals surface area (Å²) in [6.07, 6.45) is 0. The number of hydrogen-bond acceptors (Lipinski definition) is 3. The Labute approximate surface area is 152 Å². The van der Waals surface area contributed by atoms with Crippen molar-refractivity contribution in [2.75, 3.05) is 70.9 Å². The number of anilines is 1. The molecule has 2 aliphatic heterocycles. The monoisotopic (exact) mass is 366 g/mol. The Morgan fingerprint density at radius 2 is 1.58 bits per heavy atom. The summed E-state index contributed by atoms with van der Waals surface area (Å²) in [6, 6.07) is 5.77. The highest BCUT2D eigenvalue weighted by atomic mass is 19.1. The van der Waals surface area contributed by atoms with E-state index in [1.54, 1.807) is 12.1 Å². The van der Waals surface area contributed by atoms with Crippen molar-refractivity contribution < 1.29 is 28.5 Å². The van der Waals surface area contributed by atoms with Gasteiger partial charge in [0.1, 0.15) is 32.0 Å². The fourth-order valence-corrected chi connectivity index (χ4v) is 3.41. The van der Waals surface area contributed by atoms with Crippen molar-refractivity contribution in [1.29, 1.82) is 0 Å². The van der Waals surface area contributed by atoms with Crippen molar-refractivity contribution >= 4 is 17.5 Å². The Kier molecular flexibility index (Phi) is 6.54. The molecule has 0 spiro atoms. The van der Waals surface area contributed by atoms with Crippen LogP contribution in [0.2, 0.25) is 0 Å². The summed E-state index contributed by atoms with van der Waals surface area (Å²) in [5.74, 6) is -0.195. The number of amides is 2. The van der Waals surface area contributed by atoms with Gasteiger partial charge in [0.2, 0.25) is 0 Å². The van der Waals surface area contributed by atoms with Crippen LogP contribution in [0.3, 0.4) is 0 Å². The summed E-state index contributed by atoms with van der Waals surface area (Å²) in [5.41, 5.74) is 0.608. The van der Waals surface area contributed by atoms with E-state index in [9.17, 15) is 14.0 Å². The lowest BCUT2D eigenvalue weighted by atomic mass is 10.2. The van der Waals surface area contributed by atoms with Crippen molar-refractivity contribution in [3.8, 4) is 0 Å². The molecule has 8 heteroatoms. The van der Waals surface area contributed by atoms with Crippen LogP contribution in [-0.4, -0.2) is 82.3 Å². The molecule has 0 aliphatic carbocycles. The predicted octanol–water partition coefficient (Wildman–Crippen LogP) is -2.59. The second-order valence-electron chi connectivity index (χ2n) is 6.90. The lowest BCUT2D eigenvalue weighted by molar-refractivity contribution is -1.00. The molecule has 2 saturated heterocycles. The van der Waals surface area contributed by atoms with Crippen molar-refractivity contribution in [3.63, 3.8) is 0 Å². The van der Waals surface area contributed by atoms with Gasteiger partial charge in [0.25, 0.3) is 11.8 Å². The highest BCUT2D eigenvalue weighted by Crippen LogP contribution is 2.07. The quantitative estimate of drug-likeness (QED) is 0.536. The number of hydrogen-bond donors (Lipinski definition) is 3. The number of nitrogens with one attached hydrogen (secondary N) is 3. The highest BCUT2D eigenvalue weighted by Gasteiger charge is 2.28. The molecule has 142 valence electrons. The van der Waals surface area contributed by atoms with Gasteiger partial charge in [-0.3, -0.25) is 9.59 Å². The summed E-state index contributed by atoms with van der Waals surface area (Å²) < 4.78 is 18.2. The first-order chi connectivity index (χ1) is 12.6. The number of rotatable bonds is 5. The minimum Gasteiger partial charge on any atom is -0.378 e. The first-order valence-electron chi connectivity index (χ1n) is 9.18. The zero-order valence-corrected chi connectivity index (χ0v) is 14.9. The molecule has 2 amide bonds. The molecule has 0 saturated carbocycles. The van der Waals surface area contributed by atoms with Gasteiger partial charge in [-0.15, -0.1) is 0 Å². The van der Waals surface area contributed by atoms with Gasteiger partial charge in [-0.2, -0.15) is 0 Å². The van der Waals surface area contributed by atoms with E-state index in [2.05, 4.69) is 5.32 Å². The van der Waals surface area contributed by atoms with Crippen molar-refractivity contribution in [2.45, 2.75) is 0 Å². The maximum atomic E-state index is 12.9. The lowest BCUT2D eigenvalue weighted by Crippen LogP contribution is -3.28. The number of carbonyl (C=O) groups excluding carboxylic acids is 2. The van der Waals surface area contributed by atoms with Gasteiger partial charge in [-0.1, -0.05) is 0 Å². The van der Waals surface area contributed by atoms with E-state index in [1.807, 2.05) is 4.90 Å². The molecule has 3 rings (SSSR count). The third kappa shape index (κ3) is 5.48. The molecule has 2 aliphatic rings. The number of carbonyl (C=O) groups is 2. The van der Waals surface area contributed by atoms with Gasteiger partial charge < -0.3 is 24.8 Å². The Bertz CT molecular complexity index is 611.